The van der Waals surface area contributed by atoms with Crippen LogP contribution >= 0.6 is 0 Å². The first kappa shape index (κ1) is 19.4. The number of hydrogen-bond donors (Lipinski definition) is 0. The van der Waals surface area contributed by atoms with Gasteiger partial charge in [-0.05, 0) is 18.1 Å². The van der Waals surface area contributed by atoms with Crippen LogP contribution < -0.4 is 5.76 Å². The summed E-state index contributed by atoms with van der Waals surface area (Å²) in [6.07, 6.45) is 4.70. The lowest BCUT2D eigenvalue weighted by Gasteiger charge is -2.05. The van der Waals surface area contributed by atoms with Gasteiger partial charge in [-0.15, -0.1) is 0 Å². The lowest BCUT2D eigenvalue weighted by atomic mass is 10.1. The molecule has 3 aromatic rings. The van der Waals surface area contributed by atoms with Crippen molar-refractivity contribution in [1.29, 1.82) is 0 Å². The number of rotatable bonds is 8. The Morgan fingerprint density at radius 2 is 1.75 bits per heavy atom. The van der Waals surface area contributed by atoms with E-state index in [9.17, 15) is 9.59 Å². The van der Waals surface area contributed by atoms with Gasteiger partial charge in [0.05, 0.1) is 18.8 Å². The van der Waals surface area contributed by atoms with E-state index in [1.54, 1.807) is 6.08 Å². The normalized spacial score (nSPS) is 11.0. The number of nitrogens with zero attached hydrogens (tertiary/aromatic N) is 1. The van der Waals surface area contributed by atoms with Crippen molar-refractivity contribution in [2.24, 2.45) is 0 Å². The molecule has 0 fully saturated rings. The molecule has 2 aromatic carbocycles. The minimum Gasteiger partial charge on any atom is -0.463 e. The molecule has 0 atom stereocenters. The third-order valence-electron chi connectivity index (χ3n) is 4.27. The van der Waals surface area contributed by atoms with Gasteiger partial charge in [-0.2, -0.15) is 0 Å². The van der Waals surface area contributed by atoms with Crippen molar-refractivity contribution in [2.45, 2.75) is 26.3 Å². The summed E-state index contributed by atoms with van der Waals surface area (Å²) in [5.74, 6) is -0.479. The SMILES string of the molecule is CCCCOC(=O)/C=C/c1c(-c2ccccc2)oc(=O)n1Cc1ccccc1. The van der Waals surface area contributed by atoms with Gasteiger partial charge in [-0.3, -0.25) is 4.57 Å². The number of esters is 1. The van der Waals surface area contributed by atoms with Crippen LogP contribution in [0.5, 0.6) is 0 Å². The summed E-state index contributed by atoms with van der Waals surface area (Å²) in [5.41, 5.74) is 2.27. The summed E-state index contributed by atoms with van der Waals surface area (Å²) in [6.45, 7) is 2.76. The molecule has 0 aliphatic carbocycles. The van der Waals surface area contributed by atoms with Gasteiger partial charge in [0.2, 0.25) is 0 Å². The van der Waals surface area contributed by atoms with E-state index in [4.69, 9.17) is 9.15 Å². The predicted octanol–water partition coefficient (Wildman–Crippen LogP) is 4.51. The van der Waals surface area contributed by atoms with Crippen molar-refractivity contribution >= 4 is 12.0 Å². The van der Waals surface area contributed by atoms with E-state index in [0.717, 1.165) is 24.0 Å². The molecule has 0 unspecified atom stereocenters. The van der Waals surface area contributed by atoms with Crippen molar-refractivity contribution in [3.63, 3.8) is 0 Å². The van der Waals surface area contributed by atoms with E-state index in [-0.39, 0.29) is 0 Å². The molecule has 0 amide bonds. The first-order valence-electron chi connectivity index (χ1n) is 9.37. The summed E-state index contributed by atoms with van der Waals surface area (Å²) in [4.78, 5) is 24.5. The highest BCUT2D eigenvalue weighted by Crippen LogP contribution is 2.24. The van der Waals surface area contributed by atoms with Crippen LogP contribution in [0.2, 0.25) is 0 Å². The van der Waals surface area contributed by atoms with Crippen molar-refractivity contribution in [3.05, 3.63) is 88.5 Å². The largest absolute Gasteiger partial charge is 0.463 e. The Morgan fingerprint density at radius 3 is 2.43 bits per heavy atom. The Labute approximate surface area is 163 Å². The summed E-state index contributed by atoms with van der Waals surface area (Å²) < 4.78 is 12.2. The van der Waals surface area contributed by atoms with Gasteiger partial charge in [0.15, 0.2) is 5.76 Å². The Morgan fingerprint density at radius 1 is 1.07 bits per heavy atom. The fourth-order valence-corrected chi connectivity index (χ4v) is 2.81. The molecule has 1 heterocycles. The Hall–Kier alpha value is -3.34. The maximum Gasteiger partial charge on any atom is 0.420 e. The second-order valence-corrected chi connectivity index (χ2v) is 6.37. The molecule has 0 saturated heterocycles. The smallest absolute Gasteiger partial charge is 0.420 e. The van der Waals surface area contributed by atoms with Crippen LogP contribution in [0.3, 0.4) is 0 Å². The average Bonchev–Trinajstić information content (AvgIpc) is 3.03. The van der Waals surface area contributed by atoms with Crippen LogP contribution in [0.15, 0.2) is 76.0 Å². The molecule has 5 heteroatoms. The van der Waals surface area contributed by atoms with E-state index in [1.807, 2.05) is 67.6 Å². The zero-order chi connectivity index (χ0) is 19.8. The third-order valence-corrected chi connectivity index (χ3v) is 4.27. The van der Waals surface area contributed by atoms with Gasteiger partial charge in [0.25, 0.3) is 0 Å². The maximum absolute atomic E-state index is 12.5. The summed E-state index contributed by atoms with van der Waals surface area (Å²) in [6, 6.07) is 19.0. The fraction of sp³-hybridized carbons (Fsp3) is 0.217. The minimum atomic E-state index is -0.471. The van der Waals surface area contributed by atoms with Crippen LogP contribution in [-0.2, 0) is 16.1 Å². The molecule has 0 aliphatic rings. The topological polar surface area (TPSA) is 61.4 Å². The quantitative estimate of drug-likeness (QED) is 0.329. The monoisotopic (exact) mass is 377 g/mol. The van der Waals surface area contributed by atoms with E-state index < -0.39 is 11.7 Å². The van der Waals surface area contributed by atoms with E-state index in [2.05, 4.69) is 0 Å². The Bertz CT molecular complexity index is 984. The van der Waals surface area contributed by atoms with Crippen LogP contribution in [0.25, 0.3) is 17.4 Å². The second-order valence-electron chi connectivity index (χ2n) is 6.37. The zero-order valence-corrected chi connectivity index (χ0v) is 15.8. The highest BCUT2D eigenvalue weighted by molar-refractivity contribution is 5.88. The molecule has 3 rings (SSSR count). The molecule has 5 nitrogen and oxygen atoms in total. The molecule has 0 radical (unpaired) electrons. The number of ether oxygens (including phenoxy) is 1. The zero-order valence-electron chi connectivity index (χ0n) is 15.8. The van der Waals surface area contributed by atoms with Gasteiger partial charge < -0.3 is 9.15 Å². The average molecular weight is 377 g/mol. The molecule has 0 bridgehead atoms. The summed E-state index contributed by atoms with van der Waals surface area (Å²) in [5, 5.41) is 0. The number of carbonyl (C=O) groups is 1. The fourth-order valence-electron chi connectivity index (χ4n) is 2.81. The van der Waals surface area contributed by atoms with E-state index in [1.165, 1.54) is 10.6 Å². The van der Waals surface area contributed by atoms with Gasteiger partial charge in [-0.25, -0.2) is 9.59 Å². The highest BCUT2D eigenvalue weighted by atomic mass is 16.5. The van der Waals surface area contributed by atoms with Crippen LogP contribution in [-0.4, -0.2) is 17.1 Å². The molecular formula is C23H23NO4. The van der Waals surface area contributed by atoms with Gasteiger partial charge >= 0.3 is 11.7 Å². The number of carbonyl (C=O) groups excluding carboxylic acids is 1. The van der Waals surface area contributed by atoms with Crippen LogP contribution in [0, 0.1) is 0 Å². The second kappa shape index (κ2) is 9.55. The minimum absolute atomic E-state index is 0.348. The number of benzene rings is 2. The summed E-state index contributed by atoms with van der Waals surface area (Å²) >= 11 is 0. The van der Waals surface area contributed by atoms with Gasteiger partial charge in [0, 0.05) is 11.6 Å². The highest BCUT2D eigenvalue weighted by Gasteiger charge is 2.17. The molecule has 144 valence electrons. The number of unbranched alkanes of at least 4 members (excludes halogenated alkanes) is 1. The lowest BCUT2D eigenvalue weighted by Crippen LogP contribution is -2.16. The van der Waals surface area contributed by atoms with Gasteiger partial charge in [0.1, 0.15) is 0 Å². The molecule has 1 aromatic heterocycles. The molecule has 28 heavy (non-hydrogen) atoms. The van der Waals surface area contributed by atoms with E-state index >= 15 is 0 Å². The predicted molar refractivity (Wildman–Crippen MR) is 109 cm³/mol. The number of hydrogen-bond acceptors (Lipinski definition) is 4. The van der Waals surface area contributed by atoms with Crippen LogP contribution in [0.4, 0.5) is 0 Å². The van der Waals surface area contributed by atoms with E-state index in [0.29, 0.717) is 24.6 Å². The molecule has 0 saturated carbocycles. The molecular weight excluding hydrogens is 354 g/mol. The molecule has 0 spiro atoms. The Balaban J connectivity index is 1.96. The third kappa shape index (κ3) is 4.88. The van der Waals surface area contributed by atoms with Crippen molar-refractivity contribution in [3.8, 4) is 11.3 Å². The molecule has 0 aliphatic heterocycles. The first-order valence-corrected chi connectivity index (χ1v) is 9.37. The lowest BCUT2D eigenvalue weighted by molar-refractivity contribution is -0.137. The number of aromatic nitrogens is 1. The Kier molecular flexibility index (Phi) is 6.63. The van der Waals surface area contributed by atoms with Crippen molar-refractivity contribution in [2.75, 3.05) is 6.61 Å². The van der Waals surface area contributed by atoms with Crippen molar-refractivity contribution < 1.29 is 13.9 Å². The standard InChI is InChI=1S/C23H23NO4/c1-2-3-16-27-21(25)15-14-20-22(19-12-8-5-9-13-19)28-23(26)24(20)17-18-10-6-4-7-11-18/h4-15H,2-3,16-17H2,1H3/b15-14+. The summed E-state index contributed by atoms with van der Waals surface area (Å²) in [7, 11) is 0. The van der Waals surface area contributed by atoms with Gasteiger partial charge in [-0.1, -0.05) is 74.0 Å². The maximum atomic E-state index is 12.5. The molecule has 0 N–H and O–H groups in total. The number of oxazole rings is 1. The first-order chi connectivity index (χ1) is 13.7. The van der Waals surface area contributed by atoms with Crippen molar-refractivity contribution in [1.82, 2.24) is 4.57 Å². The van der Waals surface area contributed by atoms with Crippen LogP contribution in [0.1, 0.15) is 31.0 Å².